The van der Waals surface area contributed by atoms with Crippen LogP contribution in [0.3, 0.4) is 0 Å². The second-order valence-corrected chi connectivity index (χ2v) is 9.10. The highest BCUT2D eigenvalue weighted by molar-refractivity contribution is 5.92. The molecule has 0 spiro atoms. The monoisotopic (exact) mass is 422 g/mol. The van der Waals surface area contributed by atoms with E-state index in [1.165, 1.54) is 5.56 Å². The van der Waals surface area contributed by atoms with Gasteiger partial charge in [0.05, 0.1) is 24.2 Å². The van der Waals surface area contributed by atoms with Gasteiger partial charge >= 0.3 is 0 Å². The largest absolute Gasteiger partial charge is 0.493 e. The molecule has 0 saturated heterocycles. The zero-order valence-corrected chi connectivity index (χ0v) is 19.0. The summed E-state index contributed by atoms with van der Waals surface area (Å²) in [6, 6.07) is 8.33. The molecule has 1 saturated carbocycles. The molecule has 1 fully saturated rings. The molecular formula is C26H34N2O3. The highest BCUT2D eigenvalue weighted by atomic mass is 16.5. The van der Waals surface area contributed by atoms with E-state index in [-0.39, 0.29) is 18.4 Å². The molecule has 3 aliphatic rings. The molecule has 5 rings (SSSR count). The van der Waals surface area contributed by atoms with E-state index in [0.29, 0.717) is 0 Å². The number of fused-ring (bicyclic) bond motifs is 2. The minimum Gasteiger partial charge on any atom is -0.493 e. The Balaban J connectivity index is 0.00000112. The van der Waals surface area contributed by atoms with Gasteiger partial charge in [0.15, 0.2) is 0 Å². The van der Waals surface area contributed by atoms with Crippen molar-refractivity contribution in [3.8, 4) is 5.75 Å². The van der Waals surface area contributed by atoms with Crippen LogP contribution in [0.15, 0.2) is 24.3 Å². The lowest BCUT2D eigenvalue weighted by Crippen LogP contribution is -2.51. The first-order valence-corrected chi connectivity index (χ1v) is 11.5. The molecule has 2 heterocycles. The van der Waals surface area contributed by atoms with Crippen LogP contribution in [0.5, 0.6) is 5.75 Å². The Morgan fingerprint density at radius 3 is 2.77 bits per heavy atom. The van der Waals surface area contributed by atoms with Gasteiger partial charge in [-0.05, 0) is 60.7 Å². The predicted octanol–water partition coefficient (Wildman–Crippen LogP) is 2.64. The van der Waals surface area contributed by atoms with E-state index in [4.69, 9.17) is 4.74 Å². The van der Waals surface area contributed by atoms with Crippen LogP contribution in [0, 0.1) is 0 Å². The zero-order chi connectivity index (χ0) is 22.2. The van der Waals surface area contributed by atoms with Gasteiger partial charge in [-0.1, -0.05) is 39.0 Å². The van der Waals surface area contributed by atoms with Gasteiger partial charge in [-0.25, -0.2) is 0 Å². The fourth-order valence-corrected chi connectivity index (χ4v) is 4.60. The van der Waals surface area contributed by atoms with Crippen molar-refractivity contribution in [3.05, 3.63) is 51.7 Å². The number of H-pyrrole nitrogens is 1. The minimum atomic E-state index is -0.415. The lowest BCUT2D eigenvalue weighted by molar-refractivity contribution is -0.124. The smallest absolute Gasteiger partial charge is 0.231 e. The van der Waals surface area contributed by atoms with Gasteiger partial charge in [0.2, 0.25) is 5.91 Å². The second kappa shape index (κ2) is 8.19. The molecule has 31 heavy (non-hydrogen) atoms. The van der Waals surface area contributed by atoms with E-state index in [1.807, 2.05) is 26.8 Å². The first-order chi connectivity index (χ1) is 14.9. The van der Waals surface area contributed by atoms with Crippen molar-refractivity contribution < 1.29 is 14.6 Å². The van der Waals surface area contributed by atoms with Crippen LogP contribution in [0.1, 0.15) is 69.7 Å². The SMILES string of the molecule is CC.CC(CO)c1cc2c([nH]1)=CCC(C)(NC(=O)C1(c3ccc4c(c3)CCO4)CC1)C=2. The Morgan fingerprint density at radius 2 is 2.06 bits per heavy atom. The molecule has 1 aromatic carbocycles. The van der Waals surface area contributed by atoms with Gasteiger partial charge in [0.1, 0.15) is 5.75 Å². The minimum absolute atomic E-state index is 0.0711. The van der Waals surface area contributed by atoms with Gasteiger partial charge in [-0.2, -0.15) is 0 Å². The molecule has 1 aromatic heterocycles. The van der Waals surface area contributed by atoms with E-state index < -0.39 is 11.0 Å². The molecule has 3 N–H and O–H groups in total. The Morgan fingerprint density at radius 1 is 1.29 bits per heavy atom. The van der Waals surface area contributed by atoms with Crippen LogP contribution in [-0.2, 0) is 16.6 Å². The molecule has 0 radical (unpaired) electrons. The van der Waals surface area contributed by atoms with Crippen molar-refractivity contribution in [1.82, 2.24) is 10.3 Å². The number of amides is 1. The number of benzene rings is 1. The summed E-state index contributed by atoms with van der Waals surface area (Å²) in [7, 11) is 0. The third-order valence-electron chi connectivity index (χ3n) is 6.74. The number of nitrogens with one attached hydrogen (secondary N) is 2. The molecule has 1 aliphatic heterocycles. The summed E-state index contributed by atoms with van der Waals surface area (Å²) in [5.74, 6) is 1.15. The van der Waals surface area contributed by atoms with E-state index in [2.05, 4.69) is 47.6 Å². The molecular weight excluding hydrogens is 388 g/mol. The molecule has 5 nitrogen and oxygen atoms in total. The summed E-state index contributed by atoms with van der Waals surface area (Å²) in [4.78, 5) is 16.8. The summed E-state index contributed by atoms with van der Waals surface area (Å²) in [5, 5.41) is 14.9. The van der Waals surface area contributed by atoms with Crippen molar-refractivity contribution in [2.24, 2.45) is 0 Å². The van der Waals surface area contributed by atoms with Gasteiger partial charge in [-0.3, -0.25) is 4.79 Å². The summed E-state index contributed by atoms with van der Waals surface area (Å²) in [6.45, 7) is 8.92. The molecule has 2 aliphatic carbocycles. The summed E-state index contributed by atoms with van der Waals surface area (Å²) < 4.78 is 5.62. The van der Waals surface area contributed by atoms with Crippen LogP contribution in [-0.4, -0.2) is 34.8 Å². The lowest BCUT2D eigenvalue weighted by atomic mass is 9.88. The van der Waals surface area contributed by atoms with Crippen LogP contribution in [0.4, 0.5) is 0 Å². The number of aliphatic hydroxyl groups excluding tert-OH is 1. The summed E-state index contributed by atoms with van der Waals surface area (Å²) in [6.07, 6.45) is 7.75. The maximum absolute atomic E-state index is 13.4. The van der Waals surface area contributed by atoms with Gasteiger partial charge < -0.3 is 20.1 Å². The number of carbonyl (C=O) groups is 1. The lowest BCUT2D eigenvalue weighted by Gasteiger charge is -2.30. The van der Waals surface area contributed by atoms with Crippen LogP contribution < -0.4 is 20.6 Å². The van der Waals surface area contributed by atoms with Crippen LogP contribution >= 0.6 is 0 Å². The standard InChI is InChI=1S/C24H28N2O3.C2H6/c1-15(14-27)20-12-17-13-23(2,7-5-19(17)25-20)26-22(28)24(8-9-24)18-3-4-21-16(11-18)6-10-29-21;1-2/h3-5,11-13,15,25,27H,6-10,14H2,1-2H3,(H,26,28);1-2H3. The summed E-state index contributed by atoms with van der Waals surface area (Å²) in [5.41, 5.74) is 2.54. The molecule has 1 amide bonds. The molecule has 2 atom stereocenters. The first kappa shape index (κ1) is 21.7. The topological polar surface area (TPSA) is 74.4 Å². The third kappa shape index (κ3) is 3.91. The van der Waals surface area contributed by atoms with Crippen molar-refractivity contribution in [2.45, 2.75) is 70.3 Å². The predicted molar refractivity (Wildman–Crippen MR) is 124 cm³/mol. The maximum Gasteiger partial charge on any atom is 0.231 e. The first-order valence-electron chi connectivity index (χ1n) is 11.5. The fraction of sp³-hybridized carbons (Fsp3) is 0.500. The van der Waals surface area contributed by atoms with Crippen molar-refractivity contribution >= 4 is 18.1 Å². The third-order valence-corrected chi connectivity index (χ3v) is 6.74. The van der Waals surface area contributed by atoms with Gasteiger partial charge in [-0.15, -0.1) is 0 Å². The Labute approximate surface area is 184 Å². The number of aromatic nitrogens is 1. The van der Waals surface area contributed by atoms with E-state index >= 15 is 0 Å². The number of ether oxygens (including phenoxy) is 1. The van der Waals surface area contributed by atoms with E-state index in [0.717, 1.165) is 59.9 Å². The average Bonchev–Trinajstić information content (AvgIpc) is 3.28. The van der Waals surface area contributed by atoms with Crippen molar-refractivity contribution in [1.29, 1.82) is 0 Å². The van der Waals surface area contributed by atoms with Gasteiger partial charge in [0.25, 0.3) is 0 Å². The molecule has 5 heteroatoms. The number of aromatic amines is 1. The Bertz CT molecular complexity index is 1100. The van der Waals surface area contributed by atoms with E-state index in [9.17, 15) is 9.90 Å². The van der Waals surface area contributed by atoms with Crippen LogP contribution in [0.2, 0.25) is 0 Å². The number of rotatable bonds is 5. The normalized spacial score (nSPS) is 23.0. The number of carbonyl (C=O) groups excluding carboxylic acids is 1. The molecule has 2 unspecified atom stereocenters. The maximum atomic E-state index is 13.4. The van der Waals surface area contributed by atoms with Gasteiger partial charge in [0, 0.05) is 23.4 Å². The molecule has 0 bridgehead atoms. The number of hydrogen-bond donors (Lipinski definition) is 3. The average molecular weight is 423 g/mol. The van der Waals surface area contributed by atoms with Crippen molar-refractivity contribution in [2.75, 3.05) is 13.2 Å². The van der Waals surface area contributed by atoms with Crippen molar-refractivity contribution in [3.63, 3.8) is 0 Å². The van der Waals surface area contributed by atoms with E-state index in [1.54, 1.807) is 0 Å². The van der Waals surface area contributed by atoms with Crippen LogP contribution in [0.25, 0.3) is 12.2 Å². The quantitative estimate of drug-likeness (QED) is 0.694. The highest BCUT2D eigenvalue weighted by Gasteiger charge is 2.52. The number of aliphatic hydroxyl groups is 1. The molecule has 2 aromatic rings. The Kier molecular flexibility index (Phi) is 5.73. The number of hydrogen-bond acceptors (Lipinski definition) is 3. The Hall–Kier alpha value is -2.53. The zero-order valence-electron chi connectivity index (χ0n) is 19.0. The molecule has 166 valence electrons. The highest BCUT2D eigenvalue weighted by Crippen LogP contribution is 2.50. The fourth-order valence-electron chi connectivity index (χ4n) is 4.60. The summed E-state index contributed by atoms with van der Waals surface area (Å²) >= 11 is 0. The second-order valence-electron chi connectivity index (χ2n) is 9.10.